The zero-order chi connectivity index (χ0) is 16.2. The first kappa shape index (κ1) is 15.1. The van der Waals surface area contributed by atoms with Crippen LogP contribution in [-0.2, 0) is 16.0 Å². The van der Waals surface area contributed by atoms with Gasteiger partial charge >= 0.3 is 0 Å². The van der Waals surface area contributed by atoms with Crippen LogP contribution in [0.3, 0.4) is 0 Å². The van der Waals surface area contributed by atoms with Crippen LogP contribution in [-0.4, -0.2) is 23.3 Å². The number of halogens is 1. The smallest absolute Gasteiger partial charge is 0.228 e. The number of pyridine rings is 1. The molecule has 118 valence electrons. The Bertz CT molecular complexity index is 734. The van der Waals surface area contributed by atoms with E-state index in [1.807, 2.05) is 18.2 Å². The molecule has 2 amide bonds. The van der Waals surface area contributed by atoms with Crippen LogP contribution < -0.4 is 10.6 Å². The van der Waals surface area contributed by atoms with Crippen LogP contribution in [0.5, 0.6) is 0 Å². The maximum Gasteiger partial charge on any atom is 0.228 e. The summed E-state index contributed by atoms with van der Waals surface area (Å²) in [5, 5.41) is 5.42. The largest absolute Gasteiger partial charge is 0.355 e. The molecule has 0 aliphatic carbocycles. The number of benzene rings is 1. The molecule has 0 bridgehead atoms. The molecule has 23 heavy (non-hydrogen) atoms. The summed E-state index contributed by atoms with van der Waals surface area (Å²) in [6.45, 7) is 0.435. The second-order valence-corrected chi connectivity index (χ2v) is 5.40. The molecule has 0 saturated carbocycles. The highest BCUT2D eigenvalue weighted by atomic mass is 19.1. The zero-order valence-corrected chi connectivity index (χ0v) is 12.4. The van der Waals surface area contributed by atoms with Gasteiger partial charge in [-0.05, 0) is 29.8 Å². The van der Waals surface area contributed by atoms with Crippen LogP contribution in [0.1, 0.15) is 23.6 Å². The highest BCUT2D eigenvalue weighted by Gasteiger charge is 2.30. The minimum Gasteiger partial charge on any atom is -0.355 e. The Balaban J connectivity index is 1.67. The molecule has 0 unspecified atom stereocenters. The van der Waals surface area contributed by atoms with Crippen molar-refractivity contribution in [3.05, 3.63) is 59.7 Å². The van der Waals surface area contributed by atoms with Crippen molar-refractivity contribution in [1.29, 1.82) is 0 Å². The molecule has 3 rings (SSSR count). The van der Waals surface area contributed by atoms with E-state index in [4.69, 9.17) is 0 Å². The Morgan fingerprint density at radius 2 is 2.22 bits per heavy atom. The first-order valence-corrected chi connectivity index (χ1v) is 7.40. The van der Waals surface area contributed by atoms with Gasteiger partial charge in [-0.2, -0.15) is 0 Å². The average Bonchev–Trinajstić information content (AvgIpc) is 2.54. The standard InChI is InChI=1S/C17H16FN3O2/c18-11-4-5-13-14(10-16(22)21-15(13)9-11)17(23)20-8-6-12-3-1-2-7-19-12/h1-5,7,9,14H,6,8,10H2,(H,20,23)(H,21,22)/t14-/m1/s1. The number of aromatic nitrogens is 1. The van der Waals surface area contributed by atoms with Crippen LogP contribution in [0.25, 0.3) is 0 Å². The molecular formula is C17H16FN3O2. The third-order valence-electron chi connectivity index (χ3n) is 3.78. The lowest BCUT2D eigenvalue weighted by Crippen LogP contribution is -2.36. The van der Waals surface area contributed by atoms with Gasteiger partial charge in [0.1, 0.15) is 5.82 Å². The molecule has 1 aliphatic heterocycles. The molecule has 0 fully saturated rings. The van der Waals surface area contributed by atoms with Gasteiger partial charge in [0.25, 0.3) is 0 Å². The number of nitrogens with zero attached hydrogens (tertiary/aromatic N) is 1. The molecule has 0 spiro atoms. The van der Waals surface area contributed by atoms with E-state index in [2.05, 4.69) is 15.6 Å². The summed E-state index contributed by atoms with van der Waals surface area (Å²) in [6.07, 6.45) is 2.38. The highest BCUT2D eigenvalue weighted by molar-refractivity contribution is 6.01. The van der Waals surface area contributed by atoms with Crippen LogP contribution in [0, 0.1) is 5.82 Å². The summed E-state index contributed by atoms with van der Waals surface area (Å²) < 4.78 is 13.3. The van der Waals surface area contributed by atoms with Crippen LogP contribution in [0.15, 0.2) is 42.6 Å². The van der Waals surface area contributed by atoms with Crippen LogP contribution in [0.4, 0.5) is 10.1 Å². The average molecular weight is 313 g/mol. The van der Waals surface area contributed by atoms with Gasteiger partial charge in [0.15, 0.2) is 0 Å². The van der Waals surface area contributed by atoms with E-state index in [1.54, 1.807) is 12.3 Å². The van der Waals surface area contributed by atoms with Crippen molar-refractivity contribution < 1.29 is 14.0 Å². The predicted molar refractivity (Wildman–Crippen MR) is 83.3 cm³/mol. The summed E-state index contributed by atoms with van der Waals surface area (Å²) in [7, 11) is 0. The molecule has 1 atom stereocenters. The number of amides is 2. The first-order valence-electron chi connectivity index (χ1n) is 7.40. The Hall–Kier alpha value is -2.76. The van der Waals surface area contributed by atoms with Gasteiger partial charge in [-0.1, -0.05) is 12.1 Å². The summed E-state index contributed by atoms with van der Waals surface area (Å²) in [5.74, 6) is -1.56. The molecule has 0 radical (unpaired) electrons. The number of hydrogen-bond acceptors (Lipinski definition) is 3. The van der Waals surface area contributed by atoms with E-state index >= 15 is 0 Å². The second-order valence-electron chi connectivity index (χ2n) is 5.40. The fourth-order valence-corrected chi connectivity index (χ4v) is 2.65. The lowest BCUT2D eigenvalue weighted by atomic mass is 9.89. The minimum atomic E-state index is -0.594. The van der Waals surface area contributed by atoms with Crippen molar-refractivity contribution in [2.75, 3.05) is 11.9 Å². The summed E-state index contributed by atoms with van der Waals surface area (Å²) in [4.78, 5) is 28.3. The van der Waals surface area contributed by atoms with E-state index < -0.39 is 11.7 Å². The van der Waals surface area contributed by atoms with E-state index in [0.717, 1.165) is 5.69 Å². The van der Waals surface area contributed by atoms with Gasteiger partial charge in [0, 0.05) is 37.0 Å². The van der Waals surface area contributed by atoms with E-state index in [9.17, 15) is 14.0 Å². The molecular weight excluding hydrogens is 297 g/mol. The molecule has 6 heteroatoms. The summed E-state index contributed by atoms with van der Waals surface area (Å²) >= 11 is 0. The Kier molecular flexibility index (Phi) is 4.32. The first-order chi connectivity index (χ1) is 11.1. The van der Waals surface area contributed by atoms with E-state index in [-0.39, 0.29) is 18.2 Å². The van der Waals surface area contributed by atoms with Crippen molar-refractivity contribution in [2.45, 2.75) is 18.8 Å². The van der Waals surface area contributed by atoms with Crippen molar-refractivity contribution in [1.82, 2.24) is 10.3 Å². The SMILES string of the molecule is O=C1C[C@@H](C(=O)NCCc2ccccn2)c2ccc(F)cc2N1. The number of rotatable bonds is 4. The van der Waals surface area contributed by atoms with Crippen LogP contribution >= 0.6 is 0 Å². The summed E-state index contributed by atoms with van der Waals surface area (Å²) in [5.41, 5.74) is 1.89. The normalized spacial score (nSPS) is 16.4. The van der Waals surface area contributed by atoms with E-state index in [0.29, 0.717) is 24.2 Å². The monoisotopic (exact) mass is 313 g/mol. The van der Waals surface area contributed by atoms with Crippen molar-refractivity contribution in [2.24, 2.45) is 0 Å². The van der Waals surface area contributed by atoms with Crippen LogP contribution in [0.2, 0.25) is 0 Å². The maximum absolute atomic E-state index is 13.3. The van der Waals surface area contributed by atoms with Gasteiger partial charge < -0.3 is 10.6 Å². The number of carbonyl (C=O) groups excluding carboxylic acids is 2. The number of fused-ring (bicyclic) bond motifs is 1. The zero-order valence-electron chi connectivity index (χ0n) is 12.4. The van der Waals surface area contributed by atoms with E-state index in [1.165, 1.54) is 12.1 Å². The molecule has 0 saturated heterocycles. The molecule has 2 heterocycles. The lowest BCUT2D eigenvalue weighted by Gasteiger charge is -2.24. The maximum atomic E-state index is 13.3. The number of hydrogen-bond donors (Lipinski definition) is 2. The van der Waals surface area contributed by atoms with Gasteiger partial charge in [0.2, 0.25) is 11.8 Å². The fraction of sp³-hybridized carbons (Fsp3) is 0.235. The Morgan fingerprint density at radius 1 is 1.35 bits per heavy atom. The Labute approximate surface area is 132 Å². The molecule has 1 aromatic carbocycles. The van der Waals surface area contributed by atoms with Gasteiger partial charge in [-0.15, -0.1) is 0 Å². The molecule has 2 N–H and O–H groups in total. The third-order valence-corrected chi connectivity index (χ3v) is 3.78. The summed E-state index contributed by atoms with van der Waals surface area (Å²) in [6, 6.07) is 9.69. The third kappa shape index (κ3) is 3.53. The quantitative estimate of drug-likeness (QED) is 0.907. The van der Waals surface area contributed by atoms with Crippen molar-refractivity contribution in [3.63, 3.8) is 0 Å². The molecule has 2 aromatic rings. The Morgan fingerprint density at radius 3 is 3.00 bits per heavy atom. The number of anilines is 1. The lowest BCUT2D eigenvalue weighted by molar-refractivity contribution is -0.126. The van der Waals surface area contributed by atoms with Gasteiger partial charge in [0.05, 0.1) is 5.92 Å². The predicted octanol–water partition coefficient (Wildman–Crippen LogP) is 2.01. The van der Waals surface area contributed by atoms with Crippen molar-refractivity contribution in [3.8, 4) is 0 Å². The molecule has 1 aliphatic rings. The number of carbonyl (C=O) groups is 2. The molecule has 1 aromatic heterocycles. The highest BCUT2D eigenvalue weighted by Crippen LogP contribution is 2.32. The van der Waals surface area contributed by atoms with Gasteiger partial charge in [-0.3, -0.25) is 14.6 Å². The second kappa shape index (κ2) is 6.56. The van der Waals surface area contributed by atoms with Gasteiger partial charge in [-0.25, -0.2) is 4.39 Å². The minimum absolute atomic E-state index is 0.0635. The topological polar surface area (TPSA) is 71.1 Å². The number of nitrogens with one attached hydrogen (secondary N) is 2. The fourth-order valence-electron chi connectivity index (χ4n) is 2.65. The van der Waals surface area contributed by atoms with Crippen molar-refractivity contribution >= 4 is 17.5 Å². The molecule has 5 nitrogen and oxygen atoms in total.